The molecule has 1 N–H and O–H groups in total. The molecule has 82 valence electrons. The lowest BCUT2D eigenvalue weighted by molar-refractivity contribution is -0.120. The highest BCUT2D eigenvalue weighted by molar-refractivity contribution is 5.75. The van der Waals surface area contributed by atoms with Crippen LogP contribution in [0.4, 0.5) is 4.39 Å². The lowest BCUT2D eigenvalue weighted by Gasteiger charge is -2.09. The second-order valence-electron chi connectivity index (χ2n) is 3.09. The van der Waals surface area contributed by atoms with Gasteiger partial charge in [-0.05, 0) is 18.2 Å². The molecule has 1 amide bonds. The minimum atomic E-state index is -0.337. The predicted octanol–water partition coefficient (Wildman–Crippen LogP) is 1.86. The Bertz CT molecular complexity index is 352. The van der Waals surface area contributed by atoms with Crippen molar-refractivity contribution in [1.82, 2.24) is 5.32 Å². The Morgan fingerprint density at radius 3 is 2.87 bits per heavy atom. The summed E-state index contributed by atoms with van der Waals surface area (Å²) < 4.78 is 18.0. The normalized spacial score (nSPS) is 9.80. The third-order valence-corrected chi connectivity index (χ3v) is 2.04. The first-order chi connectivity index (χ1) is 7.17. The zero-order valence-electron chi connectivity index (χ0n) is 8.84. The van der Waals surface area contributed by atoms with E-state index in [1.165, 1.54) is 19.2 Å². The maximum Gasteiger partial charge on any atom is 0.219 e. The number of amides is 1. The maximum atomic E-state index is 12.9. The van der Waals surface area contributed by atoms with Gasteiger partial charge in [-0.3, -0.25) is 4.79 Å². The molecule has 1 rings (SSSR count). The monoisotopic (exact) mass is 211 g/mol. The van der Waals surface area contributed by atoms with Crippen LogP contribution in [0.25, 0.3) is 0 Å². The smallest absolute Gasteiger partial charge is 0.219 e. The molecular formula is C11H14FNO2. The van der Waals surface area contributed by atoms with E-state index in [0.29, 0.717) is 17.7 Å². The molecule has 0 aliphatic rings. The Hall–Kier alpha value is -1.58. The van der Waals surface area contributed by atoms with Crippen molar-refractivity contribution >= 4 is 5.91 Å². The molecule has 0 bridgehead atoms. The molecular weight excluding hydrogens is 197 g/mol. The highest BCUT2D eigenvalue weighted by Crippen LogP contribution is 2.18. The van der Waals surface area contributed by atoms with E-state index < -0.39 is 0 Å². The van der Waals surface area contributed by atoms with Gasteiger partial charge in [-0.1, -0.05) is 6.92 Å². The molecule has 0 saturated heterocycles. The van der Waals surface area contributed by atoms with E-state index in [0.717, 1.165) is 0 Å². The minimum Gasteiger partial charge on any atom is -0.496 e. The number of halogens is 1. The maximum absolute atomic E-state index is 12.9. The number of rotatable bonds is 4. The summed E-state index contributed by atoms with van der Waals surface area (Å²) in [6.07, 6.45) is 0.414. The third kappa shape index (κ3) is 3.23. The molecule has 15 heavy (non-hydrogen) atoms. The highest BCUT2D eigenvalue weighted by Gasteiger charge is 2.05. The molecule has 0 aromatic heterocycles. The van der Waals surface area contributed by atoms with Gasteiger partial charge >= 0.3 is 0 Å². The summed E-state index contributed by atoms with van der Waals surface area (Å²) in [6, 6.07) is 4.22. The Morgan fingerprint density at radius 2 is 2.27 bits per heavy atom. The van der Waals surface area contributed by atoms with Gasteiger partial charge < -0.3 is 10.1 Å². The van der Waals surface area contributed by atoms with Crippen LogP contribution >= 0.6 is 0 Å². The van der Waals surface area contributed by atoms with E-state index in [9.17, 15) is 9.18 Å². The molecule has 0 aliphatic heterocycles. The highest BCUT2D eigenvalue weighted by atomic mass is 19.1. The fourth-order valence-corrected chi connectivity index (χ4v) is 1.20. The summed E-state index contributed by atoms with van der Waals surface area (Å²) in [7, 11) is 1.51. The lowest BCUT2D eigenvalue weighted by Crippen LogP contribution is -2.21. The zero-order valence-corrected chi connectivity index (χ0v) is 8.84. The van der Waals surface area contributed by atoms with Crippen LogP contribution in [0, 0.1) is 5.82 Å². The number of hydrogen-bond acceptors (Lipinski definition) is 2. The average molecular weight is 211 g/mol. The summed E-state index contributed by atoms with van der Waals surface area (Å²) in [5.41, 5.74) is 0.638. The van der Waals surface area contributed by atoms with Crippen LogP contribution in [-0.2, 0) is 11.3 Å². The molecule has 0 fully saturated rings. The van der Waals surface area contributed by atoms with Crippen LogP contribution in [0.5, 0.6) is 5.75 Å². The van der Waals surface area contributed by atoms with Crippen molar-refractivity contribution < 1.29 is 13.9 Å². The van der Waals surface area contributed by atoms with Gasteiger partial charge in [0.05, 0.1) is 7.11 Å². The second kappa shape index (κ2) is 5.34. The van der Waals surface area contributed by atoms with Gasteiger partial charge in [0, 0.05) is 18.5 Å². The summed E-state index contributed by atoms with van der Waals surface area (Å²) in [4.78, 5) is 11.0. The van der Waals surface area contributed by atoms with E-state index in [4.69, 9.17) is 4.74 Å². The van der Waals surface area contributed by atoms with Gasteiger partial charge in [0.25, 0.3) is 0 Å². The summed E-state index contributed by atoms with van der Waals surface area (Å²) in [5.74, 6) is 0.172. The molecule has 0 aliphatic carbocycles. The van der Waals surface area contributed by atoms with Gasteiger partial charge in [-0.15, -0.1) is 0 Å². The molecule has 0 saturated carbocycles. The molecule has 0 radical (unpaired) electrons. The van der Waals surface area contributed by atoms with E-state index in [1.807, 2.05) is 0 Å². The third-order valence-electron chi connectivity index (χ3n) is 2.04. The molecule has 1 aromatic rings. The van der Waals surface area contributed by atoms with E-state index in [2.05, 4.69) is 5.32 Å². The number of nitrogens with one attached hydrogen (secondary N) is 1. The fourth-order valence-electron chi connectivity index (χ4n) is 1.20. The van der Waals surface area contributed by atoms with Gasteiger partial charge in [-0.2, -0.15) is 0 Å². The van der Waals surface area contributed by atoms with Crippen molar-refractivity contribution in [3.8, 4) is 5.75 Å². The molecule has 0 heterocycles. The molecule has 4 heteroatoms. The Morgan fingerprint density at radius 1 is 1.53 bits per heavy atom. The van der Waals surface area contributed by atoms with Crippen LogP contribution in [0.15, 0.2) is 18.2 Å². The van der Waals surface area contributed by atoms with Crippen LogP contribution in [0.3, 0.4) is 0 Å². The van der Waals surface area contributed by atoms with Gasteiger partial charge in [0.1, 0.15) is 11.6 Å². The summed E-state index contributed by atoms with van der Waals surface area (Å²) in [6.45, 7) is 2.05. The molecule has 0 spiro atoms. The van der Waals surface area contributed by atoms with E-state index in [-0.39, 0.29) is 18.3 Å². The first-order valence-corrected chi connectivity index (χ1v) is 4.76. The number of carbonyl (C=O) groups is 1. The Balaban J connectivity index is 2.74. The molecule has 1 aromatic carbocycles. The summed E-state index contributed by atoms with van der Waals surface area (Å²) >= 11 is 0. The summed E-state index contributed by atoms with van der Waals surface area (Å²) in [5, 5.41) is 2.66. The lowest BCUT2D eigenvalue weighted by atomic mass is 10.2. The number of hydrogen-bond donors (Lipinski definition) is 1. The molecule has 3 nitrogen and oxygen atoms in total. The zero-order chi connectivity index (χ0) is 11.3. The second-order valence-corrected chi connectivity index (χ2v) is 3.09. The van der Waals surface area contributed by atoms with Crippen LogP contribution < -0.4 is 10.1 Å². The predicted molar refractivity (Wildman–Crippen MR) is 55.1 cm³/mol. The van der Waals surface area contributed by atoms with Crippen molar-refractivity contribution in [1.29, 1.82) is 0 Å². The minimum absolute atomic E-state index is 0.0682. The first-order valence-electron chi connectivity index (χ1n) is 4.76. The first kappa shape index (κ1) is 11.5. The molecule has 0 unspecified atom stereocenters. The van der Waals surface area contributed by atoms with Crippen molar-refractivity contribution in [2.45, 2.75) is 19.9 Å². The van der Waals surface area contributed by atoms with E-state index >= 15 is 0 Å². The SMILES string of the molecule is CCC(=O)NCc1cc(F)ccc1OC. The van der Waals surface area contributed by atoms with Gasteiger partial charge in [0.2, 0.25) is 5.91 Å². The average Bonchev–Trinajstić information content (AvgIpc) is 2.26. The van der Waals surface area contributed by atoms with Crippen LogP contribution in [0.2, 0.25) is 0 Å². The van der Waals surface area contributed by atoms with Crippen molar-refractivity contribution in [3.63, 3.8) is 0 Å². The quantitative estimate of drug-likeness (QED) is 0.825. The number of benzene rings is 1. The van der Waals surface area contributed by atoms with E-state index in [1.54, 1.807) is 13.0 Å². The number of ether oxygens (including phenoxy) is 1. The van der Waals surface area contributed by atoms with Crippen molar-refractivity contribution in [2.24, 2.45) is 0 Å². The van der Waals surface area contributed by atoms with Crippen LogP contribution in [-0.4, -0.2) is 13.0 Å². The largest absolute Gasteiger partial charge is 0.496 e. The standard InChI is InChI=1S/C11H14FNO2/c1-3-11(14)13-7-8-6-9(12)4-5-10(8)15-2/h4-6H,3,7H2,1-2H3,(H,13,14). The van der Waals surface area contributed by atoms with Crippen molar-refractivity contribution in [3.05, 3.63) is 29.6 Å². The fraction of sp³-hybridized carbons (Fsp3) is 0.364. The van der Waals surface area contributed by atoms with Gasteiger partial charge in [-0.25, -0.2) is 4.39 Å². The molecule has 0 atom stereocenters. The number of methoxy groups -OCH3 is 1. The Kier molecular flexibility index (Phi) is 4.09. The Labute approximate surface area is 88.2 Å². The topological polar surface area (TPSA) is 38.3 Å². The van der Waals surface area contributed by atoms with Crippen molar-refractivity contribution in [2.75, 3.05) is 7.11 Å². The van der Waals surface area contributed by atoms with Gasteiger partial charge in [0.15, 0.2) is 0 Å². The number of carbonyl (C=O) groups excluding carboxylic acids is 1. The van der Waals surface area contributed by atoms with Crippen LogP contribution in [0.1, 0.15) is 18.9 Å².